The van der Waals surface area contributed by atoms with Crippen LogP contribution in [0.2, 0.25) is 0 Å². The maximum absolute atomic E-state index is 12.1. The van der Waals surface area contributed by atoms with E-state index in [2.05, 4.69) is 11.7 Å². The average Bonchev–Trinajstić information content (AvgIpc) is 3.13. The van der Waals surface area contributed by atoms with Crippen molar-refractivity contribution in [1.82, 2.24) is 19.7 Å². The lowest BCUT2D eigenvalue weighted by atomic mass is 10.2. The molecule has 1 saturated heterocycles. The molecule has 0 aromatic carbocycles. The summed E-state index contributed by atoms with van der Waals surface area (Å²) < 4.78 is 1.42. The third-order valence-electron chi connectivity index (χ3n) is 3.29. The first-order valence-corrected chi connectivity index (χ1v) is 7.33. The van der Waals surface area contributed by atoms with Crippen LogP contribution >= 0.6 is 0 Å². The number of nitro groups is 1. The van der Waals surface area contributed by atoms with Gasteiger partial charge in [-0.2, -0.15) is 9.75 Å². The number of aromatic nitrogens is 2. The van der Waals surface area contributed by atoms with E-state index in [1.165, 1.54) is 22.0 Å². The molecule has 2 amide bonds. The van der Waals surface area contributed by atoms with E-state index in [1.54, 1.807) is 11.0 Å². The molecule has 124 valence electrons. The van der Waals surface area contributed by atoms with Crippen LogP contribution in [0.4, 0.5) is 10.6 Å². The lowest BCUT2D eigenvalue weighted by Crippen LogP contribution is -2.33. The Hall–Kier alpha value is -2.68. The number of carbonyl (C=O) groups excluding carboxylic acids is 1. The standard InChI is InChI=1S/C12H13N5O4.C2H6/c1-2-5-21-16-10-6-9(7-14(8-10)12(16)18)15-4-3-11(13-15)17(19)20;1-2/h2-4,6,10H,1,5,7-8H2;1-2H3. The molecule has 0 saturated carbocycles. The van der Waals surface area contributed by atoms with Crippen molar-refractivity contribution < 1.29 is 14.6 Å². The van der Waals surface area contributed by atoms with Crippen molar-refractivity contribution >= 4 is 17.5 Å². The molecular formula is C14H19N5O4. The molecule has 9 nitrogen and oxygen atoms in total. The van der Waals surface area contributed by atoms with Crippen molar-refractivity contribution in [2.24, 2.45) is 0 Å². The number of nitrogens with zero attached hydrogens (tertiary/aromatic N) is 5. The van der Waals surface area contributed by atoms with Crippen molar-refractivity contribution in [3.8, 4) is 0 Å². The highest BCUT2D eigenvalue weighted by atomic mass is 16.7. The topological polar surface area (TPSA) is 93.7 Å². The summed E-state index contributed by atoms with van der Waals surface area (Å²) in [5.74, 6) is -0.227. The van der Waals surface area contributed by atoms with E-state index in [0.29, 0.717) is 18.8 Å². The number of hydrogen-bond donors (Lipinski definition) is 0. The minimum absolute atomic E-state index is 0.227. The number of fused-ring (bicyclic) bond motifs is 2. The Labute approximate surface area is 133 Å². The summed E-state index contributed by atoms with van der Waals surface area (Å²) in [6.07, 6.45) is 4.91. The van der Waals surface area contributed by atoms with E-state index < -0.39 is 4.92 Å². The predicted molar refractivity (Wildman–Crippen MR) is 83.2 cm³/mol. The molecule has 1 aromatic rings. The second kappa shape index (κ2) is 7.05. The van der Waals surface area contributed by atoms with Gasteiger partial charge in [0.2, 0.25) is 0 Å². The minimum Gasteiger partial charge on any atom is -0.358 e. The Bertz CT molecular complexity index is 639. The van der Waals surface area contributed by atoms with Crippen LogP contribution in [0.15, 0.2) is 31.0 Å². The van der Waals surface area contributed by atoms with Crippen molar-refractivity contribution in [3.05, 3.63) is 41.1 Å². The van der Waals surface area contributed by atoms with Gasteiger partial charge in [0.15, 0.2) is 0 Å². The molecule has 3 heterocycles. The van der Waals surface area contributed by atoms with Gasteiger partial charge >= 0.3 is 11.8 Å². The van der Waals surface area contributed by atoms with Gasteiger partial charge in [-0.1, -0.05) is 19.9 Å². The Balaban J connectivity index is 0.000000924. The van der Waals surface area contributed by atoms with Gasteiger partial charge in [0.25, 0.3) is 0 Å². The summed E-state index contributed by atoms with van der Waals surface area (Å²) >= 11 is 0. The van der Waals surface area contributed by atoms with Crippen molar-refractivity contribution in [1.29, 1.82) is 0 Å². The monoisotopic (exact) mass is 321 g/mol. The lowest BCUT2D eigenvalue weighted by Gasteiger charge is -2.19. The van der Waals surface area contributed by atoms with Gasteiger partial charge in [-0.15, -0.1) is 6.58 Å². The molecule has 9 heteroatoms. The van der Waals surface area contributed by atoms with Gasteiger partial charge in [0.05, 0.1) is 42.3 Å². The Kier molecular flexibility index (Phi) is 5.12. The van der Waals surface area contributed by atoms with E-state index in [1.807, 2.05) is 19.9 Å². The maximum Gasteiger partial charge on any atom is 0.390 e. The van der Waals surface area contributed by atoms with Crippen LogP contribution in [-0.2, 0) is 4.84 Å². The zero-order valence-corrected chi connectivity index (χ0v) is 13.1. The fourth-order valence-corrected chi connectivity index (χ4v) is 2.39. The van der Waals surface area contributed by atoms with E-state index >= 15 is 0 Å². The van der Waals surface area contributed by atoms with Crippen LogP contribution in [0.5, 0.6) is 0 Å². The molecule has 3 rings (SSSR count). The first-order valence-electron chi connectivity index (χ1n) is 7.33. The lowest BCUT2D eigenvalue weighted by molar-refractivity contribution is -0.389. The summed E-state index contributed by atoms with van der Waals surface area (Å²) in [5, 5.41) is 15.8. The molecule has 0 N–H and O–H groups in total. The van der Waals surface area contributed by atoms with Gasteiger partial charge in [-0.3, -0.25) is 4.84 Å². The van der Waals surface area contributed by atoms with Crippen molar-refractivity contribution in [2.75, 3.05) is 19.7 Å². The zero-order valence-electron chi connectivity index (χ0n) is 13.1. The number of rotatable bonds is 5. The zero-order chi connectivity index (χ0) is 17.0. The molecule has 2 aliphatic heterocycles. The molecule has 23 heavy (non-hydrogen) atoms. The van der Waals surface area contributed by atoms with E-state index in [0.717, 1.165) is 0 Å². The Morgan fingerprint density at radius 3 is 2.91 bits per heavy atom. The quantitative estimate of drug-likeness (QED) is 0.469. The van der Waals surface area contributed by atoms with Gasteiger partial charge in [-0.25, -0.2) is 4.79 Å². The first-order chi connectivity index (χ1) is 11.1. The molecule has 1 aromatic heterocycles. The number of amides is 2. The molecule has 1 fully saturated rings. The largest absolute Gasteiger partial charge is 0.390 e. The van der Waals surface area contributed by atoms with E-state index in [4.69, 9.17) is 4.84 Å². The number of urea groups is 1. The molecule has 0 radical (unpaired) electrons. The molecule has 2 aliphatic rings. The van der Waals surface area contributed by atoms with Gasteiger partial charge in [0.1, 0.15) is 0 Å². The van der Waals surface area contributed by atoms with Crippen LogP contribution in [0.3, 0.4) is 0 Å². The molecular weight excluding hydrogens is 302 g/mol. The van der Waals surface area contributed by atoms with E-state index in [-0.39, 0.29) is 24.5 Å². The fraction of sp³-hybridized carbons (Fsp3) is 0.429. The summed E-state index contributed by atoms with van der Waals surface area (Å²) in [5.41, 5.74) is 0.706. The number of carbonyl (C=O) groups is 1. The van der Waals surface area contributed by atoms with E-state index in [9.17, 15) is 14.9 Å². The molecule has 0 spiro atoms. The van der Waals surface area contributed by atoms with Crippen LogP contribution in [0, 0.1) is 10.1 Å². The van der Waals surface area contributed by atoms with Crippen LogP contribution in [0.25, 0.3) is 5.70 Å². The number of hydrogen-bond acceptors (Lipinski definition) is 5. The minimum atomic E-state index is -0.556. The summed E-state index contributed by atoms with van der Waals surface area (Å²) in [7, 11) is 0. The third-order valence-corrected chi connectivity index (χ3v) is 3.29. The van der Waals surface area contributed by atoms with Crippen LogP contribution in [0.1, 0.15) is 13.8 Å². The summed E-state index contributed by atoms with van der Waals surface area (Å²) in [6.45, 7) is 8.65. The van der Waals surface area contributed by atoms with Crippen LogP contribution in [-0.4, -0.2) is 56.4 Å². The molecule has 1 atom stereocenters. The Morgan fingerprint density at radius 1 is 1.57 bits per heavy atom. The average molecular weight is 321 g/mol. The maximum atomic E-state index is 12.1. The molecule has 2 bridgehead atoms. The highest BCUT2D eigenvalue weighted by molar-refractivity contribution is 5.80. The highest BCUT2D eigenvalue weighted by Crippen LogP contribution is 2.26. The smallest absolute Gasteiger partial charge is 0.358 e. The van der Waals surface area contributed by atoms with Gasteiger partial charge in [-0.05, 0) is 11.0 Å². The summed E-state index contributed by atoms with van der Waals surface area (Å²) in [6, 6.07) is 0.861. The van der Waals surface area contributed by atoms with Crippen molar-refractivity contribution in [3.63, 3.8) is 0 Å². The Morgan fingerprint density at radius 2 is 2.30 bits per heavy atom. The van der Waals surface area contributed by atoms with Crippen molar-refractivity contribution in [2.45, 2.75) is 19.9 Å². The van der Waals surface area contributed by atoms with Gasteiger partial charge in [0, 0.05) is 6.54 Å². The molecule has 1 unspecified atom stereocenters. The second-order valence-electron chi connectivity index (χ2n) is 4.67. The normalized spacial score (nSPS) is 19.1. The van der Waals surface area contributed by atoms with Crippen LogP contribution < -0.4 is 0 Å². The highest BCUT2D eigenvalue weighted by Gasteiger charge is 2.41. The SMILES string of the molecule is C=CCON1C(=O)N2CC(n3ccc([N+](=O)[O-])n3)=CC1C2.CC. The van der Waals surface area contributed by atoms with Gasteiger partial charge < -0.3 is 15.0 Å². The fourth-order valence-electron chi connectivity index (χ4n) is 2.39. The predicted octanol–water partition coefficient (Wildman–Crippen LogP) is 1.90. The first kappa shape index (κ1) is 16.7. The number of hydroxylamine groups is 2. The molecule has 0 aliphatic carbocycles. The summed E-state index contributed by atoms with van der Waals surface area (Å²) in [4.78, 5) is 29.2. The second-order valence-corrected chi connectivity index (χ2v) is 4.67. The third kappa shape index (κ3) is 3.24.